The Morgan fingerprint density at radius 2 is 1.30 bits per heavy atom. The molecule has 0 saturated carbocycles. The van der Waals surface area contributed by atoms with Crippen LogP contribution in [0.25, 0.3) is 0 Å². The number of aliphatic hydroxyl groups is 8. The highest BCUT2D eigenvalue weighted by Crippen LogP contribution is 2.17. The summed E-state index contributed by atoms with van der Waals surface area (Å²) in [6.07, 6.45) is -7.65. The first-order chi connectivity index (χ1) is 9.18. The minimum Gasteiger partial charge on any atom is -0.506 e. The van der Waals surface area contributed by atoms with Crippen LogP contribution >= 0.6 is 0 Å². The van der Waals surface area contributed by atoms with Crippen LogP contribution < -0.4 is 0 Å². The smallest absolute Gasteiger partial charge is 0.275 e. The van der Waals surface area contributed by atoms with Gasteiger partial charge in [0.1, 0.15) is 24.4 Å². The molecule has 0 aliphatic carbocycles. The van der Waals surface area contributed by atoms with Gasteiger partial charge in [-0.25, -0.2) is 0 Å². The van der Waals surface area contributed by atoms with Crippen molar-refractivity contribution in [2.75, 3.05) is 0 Å². The minimum absolute atomic E-state index is 0.764. The molecule has 0 heterocycles. The van der Waals surface area contributed by atoms with Gasteiger partial charge >= 0.3 is 0 Å². The molecule has 0 aromatic heterocycles. The van der Waals surface area contributed by atoms with Crippen molar-refractivity contribution in [1.82, 2.24) is 0 Å². The minimum atomic E-state index is -2.46. The summed E-state index contributed by atoms with van der Waals surface area (Å²) in [5, 5.41) is 72.8. The predicted molar refractivity (Wildman–Crippen MR) is 60.0 cm³/mol. The van der Waals surface area contributed by atoms with E-state index < -0.39 is 47.5 Å². The first-order valence-electron chi connectivity index (χ1n) is 4.91. The lowest BCUT2D eigenvalue weighted by Crippen LogP contribution is -2.46. The highest BCUT2D eigenvalue weighted by atomic mass is 16.4. The van der Waals surface area contributed by atoms with Crippen LogP contribution in [0.15, 0.2) is 23.0 Å². The van der Waals surface area contributed by atoms with Crippen LogP contribution in [0.3, 0.4) is 0 Å². The number of hydrogen-bond acceptors (Lipinski definition) is 10. The SMILES string of the molecule is O=[C]/C(O)=C(\O)C(O)=C(O)C(O)C(O)C(O)C(O)[C]=O. The molecule has 4 unspecified atom stereocenters. The molecule has 10 heteroatoms. The zero-order valence-electron chi connectivity index (χ0n) is 9.70. The Morgan fingerprint density at radius 1 is 0.800 bits per heavy atom. The van der Waals surface area contributed by atoms with Crippen LogP contribution in [0.2, 0.25) is 0 Å². The molecule has 0 rings (SSSR count). The van der Waals surface area contributed by atoms with E-state index in [0.717, 1.165) is 12.6 Å². The summed E-state index contributed by atoms with van der Waals surface area (Å²) in [4.78, 5) is 20.0. The van der Waals surface area contributed by atoms with E-state index in [1.807, 2.05) is 0 Å². The summed E-state index contributed by atoms with van der Waals surface area (Å²) < 4.78 is 0. The fourth-order valence-corrected chi connectivity index (χ4v) is 1.03. The zero-order chi connectivity index (χ0) is 16.0. The fourth-order valence-electron chi connectivity index (χ4n) is 1.03. The Morgan fingerprint density at radius 3 is 1.70 bits per heavy atom. The summed E-state index contributed by atoms with van der Waals surface area (Å²) in [6.45, 7) is 0. The third-order valence-corrected chi connectivity index (χ3v) is 2.19. The zero-order valence-corrected chi connectivity index (χ0v) is 9.70. The lowest BCUT2D eigenvalue weighted by atomic mass is 10.0. The van der Waals surface area contributed by atoms with Gasteiger partial charge in [0.25, 0.3) is 6.29 Å². The number of carbonyl (C=O) groups excluding carboxylic acids is 2. The van der Waals surface area contributed by atoms with Crippen molar-refractivity contribution >= 4 is 12.6 Å². The molecule has 0 aliphatic rings. The van der Waals surface area contributed by atoms with Crippen molar-refractivity contribution < 1.29 is 50.4 Å². The number of hydrogen-bond donors (Lipinski definition) is 8. The van der Waals surface area contributed by atoms with E-state index in [4.69, 9.17) is 20.4 Å². The van der Waals surface area contributed by atoms with E-state index in [0.29, 0.717) is 0 Å². The van der Waals surface area contributed by atoms with E-state index in [-0.39, 0.29) is 0 Å². The van der Waals surface area contributed by atoms with Gasteiger partial charge in [-0.05, 0) is 0 Å². The topological polar surface area (TPSA) is 196 Å². The maximum atomic E-state index is 10.0. The van der Waals surface area contributed by atoms with Crippen LogP contribution in [-0.4, -0.2) is 77.8 Å². The molecule has 0 fully saturated rings. The Balaban J connectivity index is 5.33. The Hall–Kier alpha value is -2.14. The van der Waals surface area contributed by atoms with Crippen LogP contribution in [0.4, 0.5) is 0 Å². The van der Waals surface area contributed by atoms with E-state index in [2.05, 4.69) is 0 Å². The number of allylic oxidation sites excluding steroid dienone is 1. The molecule has 0 saturated heterocycles. The summed E-state index contributed by atoms with van der Waals surface area (Å²) in [7, 11) is 0. The van der Waals surface area contributed by atoms with Gasteiger partial charge in [0, 0.05) is 0 Å². The van der Waals surface area contributed by atoms with Gasteiger partial charge in [0.15, 0.2) is 5.76 Å². The van der Waals surface area contributed by atoms with Gasteiger partial charge in [-0.1, -0.05) is 0 Å². The van der Waals surface area contributed by atoms with Gasteiger partial charge in [0.05, 0.1) is 0 Å². The number of aliphatic hydroxyl groups excluding tert-OH is 8. The van der Waals surface area contributed by atoms with Crippen molar-refractivity contribution in [2.45, 2.75) is 24.4 Å². The second-order valence-corrected chi connectivity index (χ2v) is 3.52. The number of rotatable bonds is 7. The molecule has 112 valence electrons. The molecule has 0 aromatic rings. The van der Waals surface area contributed by atoms with E-state index >= 15 is 0 Å². The molecule has 4 atom stereocenters. The predicted octanol–water partition coefficient (Wildman–Crippen LogP) is -2.70. The molecule has 2 radical (unpaired) electrons. The monoisotopic (exact) mass is 292 g/mol. The molecule has 0 bridgehead atoms. The highest BCUT2D eigenvalue weighted by molar-refractivity contribution is 5.72. The maximum absolute atomic E-state index is 10.0. The first kappa shape index (κ1) is 17.9. The van der Waals surface area contributed by atoms with Crippen LogP contribution in [0.1, 0.15) is 0 Å². The second-order valence-electron chi connectivity index (χ2n) is 3.52. The maximum Gasteiger partial charge on any atom is 0.275 e. The average Bonchev–Trinajstić information content (AvgIpc) is 2.48. The van der Waals surface area contributed by atoms with Gasteiger partial charge in [0.2, 0.25) is 23.6 Å². The Labute approximate surface area is 111 Å². The summed E-state index contributed by atoms with van der Waals surface area (Å²) in [5.41, 5.74) is 0. The standard InChI is InChI=1S/C10H12O10/c11-1-3(13)5(15)7(17)9(19)10(20)8(18)6(16)4(14)2-12/h3,5,7,9,13-20H/b6-4+,10-8?. The van der Waals surface area contributed by atoms with Crippen molar-refractivity contribution in [2.24, 2.45) is 0 Å². The largest absolute Gasteiger partial charge is 0.506 e. The molecular weight excluding hydrogens is 280 g/mol. The molecule has 10 nitrogen and oxygen atoms in total. The lowest BCUT2D eigenvalue weighted by molar-refractivity contribution is -0.0883. The van der Waals surface area contributed by atoms with Crippen molar-refractivity contribution in [3.05, 3.63) is 23.0 Å². The Kier molecular flexibility index (Phi) is 6.65. The van der Waals surface area contributed by atoms with Crippen LogP contribution in [0.5, 0.6) is 0 Å². The summed E-state index contributed by atoms with van der Waals surface area (Å²) >= 11 is 0. The van der Waals surface area contributed by atoms with E-state index in [9.17, 15) is 30.0 Å². The van der Waals surface area contributed by atoms with Gasteiger partial charge in [-0.2, -0.15) is 0 Å². The van der Waals surface area contributed by atoms with E-state index in [1.54, 1.807) is 0 Å². The van der Waals surface area contributed by atoms with Crippen molar-refractivity contribution in [3.8, 4) is 0 Å². The van der Waals surface area contributed by atoms with Gasteiger partial charge in [-0.3, -0.25) is 9.59 Å². The second kappa shape index (κ2) is 7.45. The van der Waals surface area contributed by atoms with E-state index in [1.165, 1.54) is 0 Å². The lowest BCUT2D eigenvalue weighted by Gasteiger charge is -2.23. The van der Waals surface area contributed by atoms with Crippen LogP contribution in [0, 0.1) is 0 Å². The molecule has 0 aromatic carbocycles. The molecule has 0 amide bonds. The Bertz CT molecular complexity index is 426. The molecular formula is C10H12O10. The molecule has 0 aliphatic heterocycles. The normalized spacial score (nSPS) is 20.0. The fraction of sp³-hybridized carbons (Fsp3) is 0.400. The first-order valence-corrected chi connectivity index (χ1v) is 4.91. The summed E-state index contributed by atoms with van der Waals surface area (Å²) in [6, 6.07) is 0. The molecule has 20 heavy (non-hydrogen) atoms. The van der Waals surface area contributed by atoms with Crippen LogP contribution in [-0.2, 0) is 9.59 Å². The third kappa shape index (κ3) is 3.93. The highest BCUT2D eigenvalue weighted by Gasteiger charge is 2.35. The van der Waals surface area contributed by atoms with Crippen molar-refractivity contribution in [3.63, 3.8) is 0 Å². The molecule has 8 N–H and O–H groups in total. The average molecular weight is 292 g/mol. The third-order valence-electron chi connectivity index (χ3n) is 2.19. The molecule has 0 spiro atoms. The van der Waals surface area contributed by atoms with Crippen molar-refractivity contribution in [1.29, 1.82) is 0 Å². The van der Waals surface area contributed by atoms with Gasteiger partial charge in [-0.15, -0.1) is 0 Å². The summed E-state index contributed by atoms with van der Waals surface area (Å²) in [5.74, 6) is -6.19. The quantitative estimate of drug-likeness (QED) is 0.139. The van der Waals surface area contributed by atoms with Gasteiger partial charge < -0.3 is 40.9 Å².